The monoisotopic (exact) mass is 495 g/mol. The number of nitrogens with zero attached hydrogens (tertiary/aromatic N) is 3. The maximum Gasteiger partial charge on any atom is 0.287 e. The van der Waals surface area contributed by atoms with Crippen LogP contribution in [0.15, 0.2) is 47.5 Å². The highest BCUT2D eigenvalue weighted by Crippen LogP contribution is 2.36. The van der Waals surface area contributed by atoms with Gasteiger partial charge < -0.3 is 14.9 Å². The van der Waals surface area contributed by atoms with Crippen LogP contribution in [0.4, 0.5) is 14.5 Å². The number of hydrogen-bond acceptors (Lipinski definition) is 4. The molecule has 0 aliphatic rings. The number of hydrogen-bond donors (Lipinski definition) is 2. The van der Waals surface area contributed by atoms with Crippen molar-refractivity contribution in [2.75, 3.05) is 5.32 Å². The number of anilines is 1. The Morgan fingerprint density at radius 2 is 1.92 bits per heavy atom. The second kappa shape index (κ2) is 11.0. The summed E-state index contributed by atoms with van der Waals surface area (Å²) >= 11 is 0. The van der Waals surface area contributed by atoms with Crippen LogP contribution in [0.25, 0.3) is 22.3 Å². The Labute approximate surface area is 210 Å². The lowest BCUT2D eigenvalue weighted by atomic mass is 10.1. The van der Waals surface area contributed by atoms with Gasteiger partial charge in [-0.05, 0) is 62.6 Å². The van der Waals surface area contributed by atoms with E-state index in [4.69, 9.17) is 4.98 Å². The number of H-pyrrole nitrogens is 1. The molecule has 4 heterocycles. The standard InChI is InChI=1S/C26H29F2N5O.C2H6/c1-6-21-16(4)22-23(33(21)15(2)3)20(13-19(32-22)18-10-8-12-30-25(18)34)31-14-17-9-7-11-29-24(17)26(5,27)28;1-2/h7-13,15H,6,14H2,1-5H3,(H,30,34)(H,31,32);1-2H3. The van der Waals surface area contributed by atoms with Crippen LogP contribution in [0.3, 0.4) is 0 Å². The normalized spacial score (nSPS) is 11.5. The first-order valence-corrected chi connectivity index (χ1v) is 12.4. The first-order valence-electron chi connectivity index (χ1n) is 12.4. The van der Waals surface area contributed by atoms with Crippen molar-refractivity contribution in [1.29, 1.82) is 0 Å². The smallest absolute Gasteiger partial charge is 0.287 e. The molecule has 0 bridgehead atoms. The molecule has 0 fully saturated rings. The van der Waals surface area contributed by atoms with Gasteiger partial charge in [-0.2, -0.15) is 8.78 Å². The number of pyridine rings is 3. The molecule has 0 saturated carbocycles. The van der Waals surface area contributed by atoms with E-state index in [2.05, 4.69) is 40.6 Å². The highest BCUT2D eigenvalue weighted by atomic mass is 19.3. The van der Waals surface area contributed by atoms with Gasteiger partial charge >= 0.3 is 0 Å². The molecule has 6 nitrogen and oxygen atoms in total. The molecule has 0 atom stereocenters. The second-order valence-electron chi connectivity index (χ2n) is 8.81. The van der Waals surface area contributed by atoms with E-state index in [1.165, 1.54) is 6.20 Å². The molecule has 0 aliphatic carbocycles. The Hall–Kier alpha value is -3.55. The van der Waals surface area contributed by atoms with Crippen LogP contribution in [-0.2, 0) is 18.9 Å². The zero-order chi connectivity index (χ0) is 26.6. The molecule has 0 radical (unpaired) electrons. The van der Waals surface area contributed by atoms with Crippen molar-refractivity contribution >= 4 is 16.7 Å². The van der Waals surface area contributed by atoms with E-state index in [1.807, 2.05) is 26.8 Å². The molecule has 2 N–H and O–H groups in total. The lowest BCUT2D eigenvalue weighted by molar-refractivity contribution is 0.0118. The molecule has 4 rings (SSSR count). The third-order valence-electron chi connectivity index (χ3n) is 6.03. The van der Waals surface area contributed by atoms with E-state index in [9.17, 15) is 13.6 Å². The number of aromatic nitrogens is 4. The van der Waals surface area contributed by atoms with Crippen LogP contribution in [0, 0.1) is 6.92 Å². The summed E-state index contributed by atoms with van der Waals surface area (Å²) in [5.74, 6) is -3.06. The van der Waals surface area contributed by atoms with Gasteiger partial charge in [-0.3, -0.25) is 9.78 Å². The molecule has 36 heavy (non-hydrogen) atoms. The van der Waals surface area contributed by atoms with Crippen LogP contribution in [0.2, 0.25) is 0 Å². The van der Waals surface area contributed by atoms with E-state index in [1.54, 1.807) is 30.5 Å². The van der Waals surface area contributed by atoms with Crippen LogP contribution >= 0.6 is 0 Å². The predicted molar refractivity (Wildman–Crippen MR) is 143 cm³/mol. The third kappa shape index (κ3) is 5.17. The molecular formula is C28H35F2N5O. The topological polar surface area (TPSA) is 75.6 Å². The van der Waals surface area contributed by atoms with Gasteiger partial charge in [-0.1, -0.05) is 26.8 Å². The quantitative estimate of drug-likeness (QED) is 0.290. The van der Waals surface area contributed by atoms with Gasteiger partial charge in [0.25, 0.3) is 11.5 Å². The van der Waals surface area contributed by atoms with Crippen molar-refractivity contribution < 1.29 is 8.78 Å². The average Bonchev–Trinajstić information content (AvgIpc) is 3.15. The Morgan fingerprint density at radius 3 is 2.53 bits per heavy atom. The number of aromatic amines is 1. The first-order chi connectivity index (χ1) is 17.1. The summed E-state index contributed by atoms with van der Waals surface area (Å²) in [6, 6.07) is 8.77. The number of aryl methyl sites for hydroxylation is 1. The molecule has 8 heteroatoms. The molecule has 0 unspecified atom stereocenters. The number of fused-ring (bicyclic) bond motifs is 1. The minimum atomic E-state index is -3.06. The van der Waals surface area contributed by atoms with Crippen molar-refractivity contribution in [2.45, 2.75) is 73.4 Å². The van der Waals surface area contributed by atoms with Crippen LogP contribution in [0.1, 0.15) is 70.1 Å². The van der Waals surface area contributed by atoms with E-state index in [0.717, 1.165) is 41.3 Å². The number of halogens is 2. The van der Waals surface area contributed by atoms with Gasteiger partial charge in [0.15, 0.2) is 0 Å². The fraction of sp³-hybridized carbons (Fsp3) is 0.393. The maximum absolute atomic E-state index is 14.2. The number of nitrogens with one attached hydrogen (secondary N) is 2. The van der Waals surface area contributed by atoms with Crippen LogP contribution in [-0.4, -0.2) is 19.5 Å². The zero-order valence-electron chi connectivity index (χ0n) is 22.0. The zero-order valence-corrected chi connectivity index (χ0v) is 22.0. The maximum atomic E-state index is 14.2. The molecule has 0 aliphatic heterocycles. The summed E-state index contributed by atoms with van der Waals surface area (Å²) in [7, 11) is 0. The molecule has 4 aromatic heterocycles. The van der Waals surface area contributed by atoms with Gasteiger partial charge in [0.2, 0.25) is 0 Å². The minimum Gasteiger partial charge on any atom is -0.379 e. The summed E-state index contributed by atoms with van der Waals surface area (Å²) in [5, 5.41) is 3.36. The van der Waals surface area contributed by atoms with E-state index >= 15 is 0 Å². The highest BCUT2D eigenvalue weighted by molar-refractivity contribution is 5.95. The molecule has 0 spiro atoms. The van der Waals surface area contributed by atoms with Gasteiger partial charge in [-0.25, -0.2) is 4.98 Å². The minimum absolute atomic E-state index is 0.153. The average molecular weight is 496 g/mol. The number of rotatable bonds is 7. The lowest BCUT2D eigenvalue weighted by Gasteiger charge is -2.19. The van der Waals surface area contributed by atoms with Gasteiger partial charge in [-0.15, -0.1) is 0 Å². The fourth-order valence-corrected chi connectivity index (χ4v) is 4.56. The van der Waals surface area contributed by atoms with Crippen LogP contribution < -0.4 is 10.9 Å². The summed E-state index contributed by atoms with van der Waals surface area (Å²) in [5.41, 5.74) is 5.51. The van der Waals surface area contributed by atoms with E-state index in [-0.39, 0.29) is 23.8 Å². The van der Waals surface area contributed by atoms with E-state index in [0.29, 0.717) is 16.8 Å². The van der Waals surface area contributed by atoms with Crippen molar-refractivity contribution in [3.63, 3.8) is 0 Å². The number of alkyl halides is 2. The lowest BCUT2D eigenvalue weighted by Crippen LogP contribution is -2.16. The third-order valence-corrected chi connectivity index (χ3v) is 6.03. The molecule has 0 aromatic carbocycles. The SMILES string of the molecule is CC.CCc1c(C)c2nc(-c3ccc[nH]c3=O)cc(NCc3cccnc3C(C)(F)F)c2n1C(C)C. The van der Waals surface area contributed by atoms with Crippen LogP contribution in [0.5, 0.6) is 0 Å². The van der Waals surface area contributed by atoms with Crippen molar-refractivity contribution in [2.24, 2.45) is 0 Å². The largest absolute Gasteiger partial charge is 0.379 e. The fourth-order valence-electron chi connectivity index (χ4n) is 4.56. The molecule has 192 valence electrons. The van der Waals surface area contributed by atoms with Crippen molar-refractivity contribution in [1.82, 2.24) is 19.5 Å². The Morgan fingerprint density at radius 1 is 1.19 bits per heavy atom. The summed E-state index contributed by atoms with van der Waals surface area (Å²) in [4.78, 5) is 24.0. The predicted octanol–water partition coefficient (Wildman–Crippen LogP) is 6.99. The van der Waals surface area contributed by atoms with Crippen molar-refractivity contribution in [3.8, 4) is 11.3 Å². The molecule has 0 amide bonds. The summed E-state index contributed by atoms with van der Waals surface area (Å²) < 4.78 is 30.5. The highest BCUT2D eigenvalue weighted by Gasteiger charge is 2.29. The summed E-state index contributed by atoms with van der Waals surface area (Å²) in [6.07, 6.45) is 3.77. The molecule has 4 aromatic rings. The Balaban J connectivity index is 0.00000176. The van der Waals surface area contributed by atoms with Gasteiger partial charge in [0.05, 0.1) is 28.0 Å². The molecule has 0 saturated heterocycles. The van der Waals surface area contributed by atoms with Gasteiger partial charge in [0, 0.05) is 37.6 Å². The van der Waals surface area contributed by atoms with Gasteiger partial charge in [0.1, 0.15) is 5.69 Å². The Bertz CT molecular complexity index is 1400. The Kier molecular flexibility index (Phi) is 8.28. The van der Waals surface area contributed by atoms with E-state index < -0.39 is 5.92 Å². The molecular weight excluding hydrogens is 460 g/mol. The second-order valence-corrected chi connectivity index (χ2v) is 8.81. The first kappa shape index (κ1) is 27.0. The van der Waals surface area contributed by atoms with Crippen molar-refractivity contribution in [3.05, 3.63) is 75.6 Å². The summed E-state index contributed by atoms with van der Waals surface area (Å²) in [6.45, 7) is 13.3.